The van der Waals surface area contributed by atoms with E-state index in [2.05, 4.69) is 5.32 Å². The van der Waals surface area contributed by atoms with Crippen LogP contribution in [0.4, 0.5) is 0 Å². The third-order valence-electron chi connectivity index (χ3n) is 5.79. The molecule has 1 amide bonds. The van der Waals surface area contributed by atoms with Gasteiger partial charge in [0.25, 0.3) is 0 Å². The maximum absolute atomic E-state index is 12.9. The SMILES string of the molecule is CC[C@@H](NC(=O)[C@@H]1CCCN(S(=O)(=O)CCCc2ccccc2)C1)c1ccccc1. The molecule has 162 valence electrons. The molecule has 0 bridgehead atoms. The number of piperidine rings is 1. The van der Waals surface area contributed by atoms with Crippen molar-refractivity contribution < 1.29 is 13.2 Å². The van der Waals surface area contributed by atoms with Crippen LogP contribution in [0.25, 0.3) is 0 Å². The molecule has 2 atom stereocenters. The molecule has 1 N–H and O–H groups in total. The van der Waals surface area contributed by atoms with Gasteiger partial charge in [-0.3, -0.25) is 4.79 Å². The second kappa shape index (κ2) is 10.7. The Hall–Kier alpha value is -2.18. The maximum Gasteiger partial charge on any atom is 0.224 e. The highest BCUT2D eigenvalue weighted by atomic mass is 32.2. The molecule has 0 saturated carbocycles. The summed E-state index contributed by atoms with van der Waals surface area (Å²) in [5, 5.41) is 3.13. The van der Waals surface area contributed by atoms with Gasteiger partial charge < -0.3 is 5.32 Å². The van der Waals surface area contributed by atoms with Crippen molar-refractivity contribution in [2.75, 3.05) is 18.8 Å². The van der Waals surface area contributed by atoms with Gasteiger partial charge >= 0.3 is 0 Å². The Morgan fingerprint density at radius 2 is 1.77 bits per heavy atom. The van der Waals surface area contributed by atoms with Gasteiger partial charge in [0, 0.05) is 13.1 Å². The summed E-state index contributed by atoms with van der Waals surface area (Å²) in [4.78, 5) is 12.9. The Bertz CT molecular complexity index is 901. The zero-order chi connectivity index (χ0) is 21.4. The predicted molar refractivity (Wildman–Crippen MR) is 120 cm³/mol. The van der Waals surface area contributed by atoms with Gasteiger partial charge in [0.2, 0.25) is 15.9 Å². The smallest absolute Gasteiger partial charge is 0.224 e. The van der Waals surface area contributed by atoms with Crippen molar-refractivity contribution in [1.82, 2.24) is 9.62 Å². The second-order valence-electron chi connectivity index (χ2n) is 7.98. The minimum absolute atomic E-state index is 0.0449. The number of aryl methyl sites for hydroxylation is 1. The fourth-order valence-electron chi connectivity index (χ4n) is 4.04. The van der Waals surface area contributed by atoms with Crippen LogP contribution in [0, 0.1) is 5.92 Å². The van der Waals surface area contributed by atoms with Crippen molar-refractivity contribution in [3.8, 4) is 0 Å². The average Bonchev–Trinajstić information content (AvgIpc) is 2.78. The fraction of sp³-hybridized carbons (Fsp3) is 0.458. The van der Waals surface area contributed by atoms with Gasteiger partial charge in [0.1, 0.15) is 0 Å². The number of carbonyl (C=O) groups is 1. The van der Waals surface area contributed by atoms with Crippen LogP contribution in [0.3, 0.4) is 0 Å². The van der Waals surface area contributed by atoms with Crippen molar-refractivity contribution in [3.05, 3.63) is 71.8 Å². The molecule has 0 aliphatic carbocycles. The maximum atomic E-state index is 12.9. The Morgan fingerprint density at radius 3 is 2.43 bits per heavy atom. The number of nitrogens with zero attached hydrogens (tertiary/aromatic N) is 1. The van der Waals surface area contributed by atoms with E-state index in [1.54, 1.807) is 0 Å². The standard InChI is InChI=1S/C24H32N2O3S/c1-2-23(21-14-7-4-8-15-21)25-24(27)22-16-9-17-26(19-22)30(28,29)18-10-13-20-11-5-3-6-12-20/h3-8,11-12,14-15,22-23H,2,9-10,13,16-19H2,1H3,(H,25,27)/t22-,23-/m1/s1. The number of hydrogen-bond donors (Lipinski definition) is 1. The third kappa shape index (κ3) is 6.16. The van der Waals surface area contributed by atoms with Crippen LogP contribution in [0.15, 0.2) is 60.7 Å². The normalized spacial score (nSPS) is 18.6. The second-order valence-corrected chi connectivity index (χ2v) is 10.1. The average molecular weight is 429 g/mol. The number of rotatable bonds is 9. The molecule has 1 aliphatic heterocycles. The molecule has 2 aromatic carbocycles. The van der Waals surface area contributed by atoms with E-state index < -0.39 is 10.0 Å². The molecular formula is C24H32N2O3S. The van der Waals surface area contributed by atoms with Crippen molar-refractivity contribution in [2.45, 2.75) is 45.1 Å². The topological polar surface area (TPSA) is 66.5 Å². The van der Waals surface area contributed by atoms with E-state index in [0.717, 1.165) is 36.8 Å². The molecule has 1 fully saturated rings. The first-order chi connectivity index (χ1) is 14.5. The summed E-state index contributed by atoms with van der Waals surface area (Å²) in [5.74, 6) is -0.215. The van der Waals surface area contributed by atoms with E-state index in [9.17, 15) is 13.2 Å². The summed E-state index contributed by atoms with van der Waals surface area (Å²) >= 11 is 0. The number of carbonyl (C=O) groups excluding carboxylic acids is 1. The molecule has 1 aliphatic rings. The van der Waals surface area contributed by atoms with E-state index in [1.165, 1.54) is 4.31 Å². The van der Waals surface area contributed by atoms with E-state index >= 15 is 0 Å². The van der Waals surface area contributed by atoms with Crippen LogP contribution in [0.2, 0.25) is 0 Å². The van der Waals surface area contributed by atoms with Crippen LogP contribution in [0.1, 0.15) is 49.8 Å². The van der Waals surface area contributed by atoms with Gasteiger partial charge in [-0.25, -0.2) is 12.7 Å². The summed E-state index contributed by atoms with van der Waals surface area (Å²) in [6.45, 7) is 2.83. The zero-order valence-corrected chi connectivity index (χ0v) is 18.5. The summed E-state index contributed by atoms with van der Waals surface area (Å²) in [7, 11) is -3.35. The molecular weight excluding hydrogens is 396 g/mol. The van der Waals surface area contributed by atoms with Crippen LogP contribution in [-0.2, 0) is 21.2 Å². The largest absolute Gasteiger partial charge is 0.349 e. The van der Waals surface area contributed by atoms with Crippen molar-refractivity contribution in [2.24, 2.45) is 5.92 Å². The first-order valence-electron chi connectivity index (χ1n) is 10.9. The Balaban J connectivity index is 1.55. The lowest BCUT2D eigenvalue weighted by molar-refractivity contribution is -0.126. The van der Waals surface area contributed by atoms with Crippen molar-refractivity contribution >= 4 is 15.9 Å². The van der Waals surface area contributed by atoms with Crippen LogP contribution >= 0.6 is 0 Å². The number of nitrogens with one attached hydrogen (secondary N) is 1. The van der Waals surface area contributed by atoms with Gasteiger partial charge in [0.15, 0.2) is 0 Å². The van der Waals surface area contributed by atoms with Crippen LogP contribution in [-0.4, -0.2) is 37.5 Å². The molecule has 30 heavy (non-hydrogen) atoms. The monoisotopic (exact) mass is 428 g/mol. The molecule has 0 unspecified atom stereocenters. The minimum Gasteiger partial charge on any atom is -0.349 e. The molecule has 6 heteroatoms. The van der Waals surface area contributed by atoms with Gasteiger partial charge in [-0.15, -0.1) is 0 Å². The summed E-state index contributed by atoms with van der Waals surface area (Å²) < 4.78 is 27.2. The highest BCUT2D eigenvalue weighted by Gasteiger charge is 2.32. The van der Waals surface area contributed by atoms with E-state index in [1.807, 2.05) is 67.6 Å². The van der Waals surface area contributed by atoms with E-state index in [-0.39, 0.29) is 30.2 Å². The highest BCUT2D eigenvalue weighted by Crippen LogP contribution is 2.23. The Kier molecular flexibility index (Phi) is 8.05. The molecule has 3 rings (SSSR count). The first kappa shape index (κ1) is 22.5. The fourth-order valence-corrected chi connectivity index (χ4v) is 5.62. The van der Waals surface area contributed by atoms with Crippen LogP contribution in [0.5, 0.6) is 0 Å². The quantitative estimate of drug-likeness (QED) is 0.658. The number of sulfonamides is 1. The zero-order valence-electron chi connectivity index (χ0n) is 17.7. The molecule has 0 aromatic heterocycles. The number of amides is 1. The number of benzene rings is 2. The Labute approximate surface area is 180 Å². The molecule has 0 spiro atoms. The third-order valence-corrected chi connectivity index (χ3v) is 7.71. The van der Waals surface area contributed by atoms with E-state index in [4.69, 9.17) is 0 Å². The Morgan fingerprint density at radius 1 is 1.10 bits per heavy atom. The summed E-state index contributed by atoms with van der Waals surface area (Å²) in [6.07, 6.45) is 3.58. The van der Waals surface area contributed by atoms with Crippen molar-refractivity contribution in [3.63, 3.8) is 0 Å². The molecule has 1 heterocycles. The van der Waals surface area contributed by atoms with E-state index in [0.29, 0.717) is 13.0 Å². The van der Waals surface area contributed by atoms with Gasteiger partial charge in [-0.05, 0) is 43.2 Å². The minimum atomic E-state index is -3.35. The molecule has 2 aromatic rings. The van der Waals surface area contributed by atoms with Gasteiger partial charge in [-0.1, -0.05) is 67.6 Å². The lowest BCUT2D eigenvalue weighted by Gasteiger charge is -2.32. The summed E-state index contributed by atoms with van der Waals surface area (Å²) in [6, 6.07) is 19.8. The molecule has 0 radical (unpaired) electrons. The van der Waals surface area contributed by atoms with Crippen molar-refractivity contribution in [1.29, 1.82) is 0 Å². The number of hydrogen-bond acceptors (Lipinski definition) is 3. The van der Waals surface area contributed by atoms with Gasteiger partial charge in [-0.2, -0.15) is 0 Å². The highest BCUT2D eigenvalue weighted by molar-refractivity contribution is 7.89. The van der Waals surface area contributed by atoms with Crippen LogP contribution < -0.4 is 5.32 Å². The summed E-state index contributed by atoms with van der Waals surface area (Å²) in [5.41, 5.74) is 2.23. The lowest BCUT2D eigenvalue weighted by Crippen LogP contribution is -2.46. The predicted octanol–water partition coefficient (Wildman–Crippen LogP) is 3.93. The lowest BCUT2D eigenvalue weighted by atomic mass is 9.97. The van der Waals surface area contributed by atoms with Gasteiger partial charge in [0.05, 0.1) is 17.7 Å². The molecule has 1 saturated heterocycles. The first-order valence-corrected chi connectivity index (χ1v) is 12.5. The molecule has 5 nitrogen and oxygen atoms in total.